The van der Waals surface area contributed by atoms with Crippen molar-refractivity contribution < 1.29 is 19.8 Å². The second kappa shape index (κ2) is 39.2. The minimum atomic E-state index is -0.912. The van der Waals surface area contributed by atoms with E-state index < -0.39 is 11.9 Å². The molecule has 0 spiro atoms. The fourth-order valence-electron chi connectivity index (χ4n) is 7.48. The van der Waals surface area contributed by atoms with Gasteiger partial charge in [-0.25, -0.2) is 0 Å². The van der Waals surface area contributed by atoms with Crippen LogP contribution < -0.4 is 10.2 Å². The summed E-state index contributed by atoms with van der Waals surface area (Å²) in [4.78, 5) is 20.8. The summed E-state index contributed by atoms with van der Waals surface area (Å²) in [6.07, 6.45) is 35.5. The second-order valence-electron chi connectivity index (χ2n) is 15.4. The molecule has 2 unspecified atom stereocenters. The molecule has 0 aliphatic carbocycles. The molecule has 0 saturated carbocycles. The Hall–Kier alpha value is -1.05. The van der Waals surface area contributed by atoms with Crippen molar-refractivity contribution in [2.45, 2.75) is 218 Å². The van der Waals surface area contributed by atoms with E-state index in [9.17, 15) is 19.8 Å². The van der Waals surface area contributed by atoms with Gasteiger partial charge in [0.25, 0.3) is 0 Å². The van der Waals surface area contributed by atoms with Crippen LogP contribution in [0.2, 0.25) is 0 Å². The van der Waals surface area contributed by atoms with E-state index in [0.29, 0.717) is 11.8 Å². The molecule has 2 rings (SSSR count). The number of rotatable bonds is 34. The maximum absolute atomic E-state index is 10.4. The molecule has 5 heteroatoms. The molecule has 0 aromatic heterocycles. The summed E-state index contributed by atoms with van der Waals surface area (Å²) in [5.74, 6) is -0.406. The molecule has 0 radical (unpaired) electrons. The van der Waals surface area contributed by atoms with Gasteiger partial charge in [-0.2, -0.15) is 0 Å². The first kappa shape index (κ1) is 52.0. The van der Waals surface area contributed by atoms with Crippen LogP contribution in [0.5, 0.6) is 0 Å². The van der Waals surface area contributed by atoms with E-state index in [1.807, 2.05) is 0 Å². The summed E-state index contributed by atoms with van der Waals surface area (Å²) < 4.78 is 0. The molecule has 0 N–H and O–H groups in total. The minimum absolute atomic E-state index is 0. The quantitative estimate of drug-likeness (QED) is 0.0519. The summed E-state index contributed by atoms with van der Waals surface area (Å²) in [6.45, 7) is 4.55. The third-order valence-corrected chi connectivity index (χ3v) is 10.7. The zero-order valence-corrected chi connectivity index (χ0v) is 38.9. The number of carbonyl (C=O) groups excluding carboxylic acids is 2. The topological polar surface area (TPSA) is 80.3 Å². The first-order valence-electron chi connectivity index (χ1n) is 22.0. The normalized spacial score (nSPS) is 12.0. The fourth-order valence-corrected chi connectivity index (χ4v) is 7.48. The van der Waals surface area contributed by atoms with Crippen LogP contribution in [0.4, 0.5) is 0 Å². The van der Waals surface area contributed by atoms with Crippen molar-refractivity contribution >= 4 is 60.8 Å². The summed E-state index contributed by atoms with van der Waals surface area (Å²) in [7, 11) is 0. The summed E-state index contributed by atoms with van der Waals surface area (Å²) in [5.41, 5.74) is 3.02. The third kappa shape index (κ3) is 32.9. The largest absolute Gasteiger partial charge is 2.00 e. The molecule has 0 saturated heterocycles. The van der Waals surface area contributed by atoms with Crippen molar-refractivity contribution in [2.75, 3.05) is 0 Å². The van der Waals surface area contributed by atoms with Gasteiger partial charge >= 0.3 is 48.9 Å². The van der Waals surface area contributed by atoms with Crippen LogP contribution in [-0.2, 0) is 9.59 Å². The number of hydrogen-bond acceptors (Lipinski definition) is 4. The molecular weight excluding hydrogens is 778 g/mol. The number of unbranched alkanes of at least 4 members (excludes halogenated alkanes) is 20. The van der Waals surface area contributed by atoms with Crippen LogP contribution in [-0.4, -0.2) is 60.8 Å². The average molecular weight is 856 g/mol. The van der Waals surface area contributed by atoms with Gasteiger partial charge in [0.05, 0.1) is 0 Å². The van der Waals surface area contributed by atoms with Gasteiger partial charge in [-0.05, 0) is 74.3 Å². The van der Waals surface area contributed by atoms with Crippen LogP contribution in [0, 0.1) is 0 Å². The summed E-state index contributed by atoms with van der Waals surface area (Å²) in [6, 6.07) is 22.1. The predicted octanol–water partition coefficient (Wildman–Crippen LogP) is 12.4. The Morgan fingerprint density at radius 1 is 0.396 bits per heavy atom. The van der Waals surface area contributed by atoms with E-state index >= 15 is 0 Å². The monoisotopic (exact) mass is 856 g/mol. The van der Waals surface area contributed by atoms with E-state index in [1.165, 1.54) is 152 Å². The number of carboxylic acids is 2. The van der Waals surface area contributed by atoms with Crippen LogP contribution in [0.3, 0.4) is 0 Å². The third-order valence-electron chi connectivity index (χ3n) is 10.7. The van der Waals surface area contributed by atoms with Crippen molar-refractivity contribution in [3.05, 3.63) is 71.8 Å². The molecule has 0 aliphatic heterocycles. The van der Waals surface area contributed by atoms with Gasteiger partial charge in [-0.3, -0.25) is 0 Å². The first-order chi connectivity index (χ1) is 25.5. The molecule has 4 nitrogen and oxygen atoms in total. The number of carbonyl (C=O) groups is 2. The van der Waals surface area contributed by atoms with E-state index in [1.54, 1.807) is 0 Å². The number of benzene rings is 2. The summed E-state index contributed by atoms with van der Waals surface area (Å²) >= 11 is 0. The Bertz CT molecular complexity index is 974. The molecule has 2 aromatic carbocycles. The zero-order chi connectivity index (χ0) is 37.7. The minimum Gasteiger partial charge on any atom is -0.550 e. The van der Waals surface area contributed by atoms with Crippen molar-refractivity contribution in [3.8, 4) is 0 Å². The van der Waals surface area contributed by atoms with Crippen LogP contribution in [0.25, 0.3) is 0 Å². The first-order valence-corrected chi connectivity index (χ1v) is 22.0. The van der Waals surface area contributed by atoms with Crippen molar-refractivity contribution in [1.29, 1.82) is 0 Å². The molecule has 0 bridgehead atoms. The van der Waals surface area contributed by atoms with Gasteiger partial charge in [0, 0.05) is 11.9 Å². The SMILES string of the molecule is CCCCCCCCC(CCCCCCCCC(=O)[O-])c1ccccc1.CCCCCCCCC(CCCCCCCCC(=O)[O-])c1ccccc1.[Ba+2]. The number of carboxylic acid groups (broad SMARTS) is 2. The van der Waals surface area contributed by atoms with Gasteiger partial charge in [-0.15, -0.1) is 0 Å². The van der Waals surface area contributed by atoms with Crippen molar-refractivity contribution in [2.24, 2.45) is 0 Å². The molecule has 0 heterocycles. The summed E-state index contributed by atoms with van der Waals surface area (Å²) in [5, 5.41) is 20.8. The van der Waals surface area contributed by atoms with Gasteiger partial charge < -0.3 is 19.8 Å². The zero-order valence-electron chi connectivity index (χ0n) is 34.5. The maximum Gasteiger partial charge on any atom is 2.00 e. The van der Waals surface area contributed by atoms with Gasteiger partial charge in [0.2, 0.25) is 0 Å². The Morgan fingerprint density at radius 2 is 0.642 bits per heavy atom. The van der Waals surface area contributed by atoms with E-state index in [4.69, 9.17) is 0 Å². The van der Waals surface area contributed by atoms with Crippen LogP contribution >= 0.6 is 0 Å². The Labute approximate surface area is 367 Å². The molecule has 0 fully saturated rings. The second-order valence-corrected chi connectivity index (χ2v) is 15.4. The molecule has 0 amide bonds. The van der Waals surface area contributed by atoms with Gasteiger partial charge in [0.1, 0.15) is 0 Å². The molecule has 2 atom stereocenters. The Morgan fingerprint density at radius 3 is 0.906 bits per heavy atom. The van der Waals surface area contributed by atoms with Crippen molar-refractivity contribution in [3.63, 3.8) is 0 Å². The predicted molar refractivity (Wildman–Crippen MR) is 224 cm³/mol. The maximum atomic E-state index is 10.4. The van der Waals surface area contributed by atoms with Crippen LogP contribution in [0.15, 0.2) is 60.7 Å². The Balaban J connectivity index is 0.00000100. The van der Waals surface area contributed by atoms with Gasteiger partial charge in [-0.1, -0.05) is 216 Å². The number of aliphatic carboxylic acids is 2. The molecular formula is C48H78BaO4. The molecule has 2 aromatic rings. The molecule has 53 heavy (non-hydrogen) atoms. The fraction of sp³-hybridized carbons (Fsp3) is 0.708. The number of hydrogen-bond donors (Lipinski definition) is 0. The molecule has 0 aliphatic rings. The van der Waals surface area contributed by atoms with E-state index in [0.717, 1.165) is 38.5 Å². The molecule has 296 valence electrons. The standard InChI is InChI=1S/2C24H40O2.Ba/c2*1-2-3-4-5-8-12-17-22(23-19-14-11-15-20-23)18-13-9-6-7-10-16-21-24(25)26;/h2*11,14-15,19-20,22H,2-10,12-13,16-18,21H2,1H3,(H,25,26);/q;;+2/p-2. The van der Waals surface area contributed by atoms with E-state index in [2.05, 4.69) is 74.5 Å². The van der Waals surface area contributed by atoms with Crippen LogP contribution in [0.1, 0.15) is 229 Å². The average Bonchev–Trinajstić information content (AvgIpc) is 3.15. The van der Waals surface area contributed by atoms with Crippen molar-refractivity contribution in [1.82, 2.24) is 0 Å². The smallest absolute Gasteiger partial charge is 0.550 e. The van der Waals surface area contributed by atoms with E-state index in [-0.39, 0.29) is 61.7 Å². The van der Waals surface area contributed by atoms with Gasteiger partial charge in [0.15, 0.2) is 0 Å². The Kier molecular flexibility index (Phi) is 38.4.